The molecule has 0 fully saturated rings. The van der Waals surface area contributed by atoms with Crippen LogP contribution in [0.1, 0.15) is 5.56 Å². The molecule has 1 rings (SSSR count). The van der Waals surface area contributed by atoms with E-state index in [2.05, 4.69) is 9.84 Å². The van der Waals surface area contributed by atoms with Gasteiger partial charge in [-0.1, -0.05) is 12.1 Å². The summed E-state index contributed by atoms with van der Waals surface area (Å²) in [6, 6.07) is 7.29. The highest BCUT2D eigenvalue weighted by atomic mass is 16.5. The Morgan fingerprint density at radius 2 is 1.94 bits per heavy atom. The predicted molar refractivity (Wildman–Crippen MR) is 60.3 cm³/mol. The first kappa shape index (κ1) is 12.0. The Morgan fingerprint density at radius 3 is 2.38 bits per heavy atom. The molecule has 0 saturated heterocycles. The maximum atomic E-state index is 11.2. The molecule has 0 bridgehead atoms. The third-order valence-electron chi connectivity index (χ3n) is 2.11. The van der Waals surface area contributed by atoms with E-state index in [-0.39, 0.29) is 5.71 Å². The fourth-order valence-electron chi connectivity index (χ4n) is 1.23. The summed E-state index contributed by atoms with van der Waals surface area (Å²) in [5.74, 6) is 5.36. The molecule has 0 amide bonds. The molecular weight excluding hydrogens is 208 g/mol. The Labute approximate surface area is 93.9 Å². The molecule has 0 spiro atoms. The number of rotatable bonds is 4. The number of ether oxygens (including phenoxy) is 2. The topological polar surface area (TPSA) is 73.9 Å². The lowest BCUT2D eigenvalue weighted by Crippen LogP contribution is -2.20. The van der Waals surface area contributed by atoms with Crippen LogP contribution in [0.2, 0.25) is 0 Å². The van der Waals surface area contributed by atoms with Crippen molar-refractivity contribution in [1.82, 2.24) is 0 Å². The maximum absolute atomic E-state index is 11.2. The highest BCUT2D eigenvalue weighted by molar-refractivity contribution is 6.36. The Kier molecular flexibility index (Phi) is 4.32. The number of methoxy groups -OCH3 is 2. The van der Waals surface area contributed by atoms with E-state index in [4.69, 9.17) is 10.6 Å². The highest BCUT2D eigenvalue weighted by Crippen LogP contribution is 2.12. The molecule has 0 aromatic heterocycles. The van der Waals surface area contributed by atoms with Gasteiger partial charge < -0.3 is 15.3 Å². The van der Waals surface area contributed by atoms with Crippen LogP contribution in [-0.4, -0.2) is 25.9 Å². The van der Waals surface area contributed by atoms with E-state index >= 15 is 0 Å². The average molecular weight is 222 g/mol. The standard InChI is InChI=1S/C11H14N2O3/c1-15-9-5-3-8(4-6-9)7-10(13-12)11(14)16-2/h3-6H,7,12H2,1-2H3/b13-10-. The van der Waals surface area contributed by atoms with Gasteiger partial charge in [-0.05, 0) is 17.7 Å². The quantitative estimate of drug-likeness (QED) is 0.352. The van der Waals surface area contributed by atoms with Crippen LogP contribution >= 0.6 is 0 Å². The number of hydrogen-bond acceptors (Lipinski definition) is 5. The van der Waals surface area contributed by atoms with E-state index in [1.807, 2.05) is 12.1 Å². The summed E-state index contributed by atoms with van der Waals surface area (Å²) in [6.45, 7) is 0. The molecule has 2 N–H and O–H groups in total. The molecule has 0 atom stereocenters. The minimum atomic E-state index is -0.515. The van der Waals surface area contributed by atoms with Crippen LogP contribution in [-0.2, 0) is 16.0 Å². The van der Waals surface area contributed by atoms with Gasteiger partial charge in [-0.3, -0.25) is 0 Å². The zero-order valence-corrected chi connectivity index (χ0v) is 9.27. The SMILES string of the molecule is COC(=O)/C(Cc1ccc(OC)cc1)=N\N. The summed E-state index contributed by atoms with van der Waals surface area (Å²) in [5.41, 5.74) is 1.10. The Hall–Kier alpha value is -2.04. The van der Waals surface area contributed by atoms with Gasteiger partial charge in [0, 0.05) is 6.42 Å². The van der Waals surface area contributed by atoms with E-state index in [0.29, 0.717) is 6.42 Å². The minimum Gasteiger partial charge on any atom is -0.497 e. The van der Waals surface area contributed by atoms with Crippen LogP contribution in [0.4, 0.5) is 0 Å². The maximum Gasteiger partial charge on any atom is 0.354 e. The van der Waals surface area contributed by atoms with E-state index in [0.717, 1.165) is 11.3 Å². The number of nitrogens with zero attached hydrogens (tertiary/aromatic N) is 1. The van der Waals surface area contributed by atoms with Gasteiger partial charge in [0.1, 0.15) is 11.5 Å². The second-order valence-corrected chi connectivity index (χ2v) is 3.09. The van der Waals surface area contributed by atoms with E-state index in [9.17, 15) is 4.79 Å². The van der Waals surface area contributed by atoms with Crippen LogP contribution in [0.15, 0.2) is 29.4 Å². The number of carbonyl (C=O) groups excluding carboxylic acids is 1. The molecule has 0 saturated carbocycles. The molecule has 0 aliphatic rings. The average Bonchev–Trinajstić information content (AvgIpc) is 2.35. The smallest absolute Gasteiger partial charge is 0.354 e. The molecule has 16 heavy (non-hydrogen) atoms. The summed E-state index contributed by atoms with van der Waals surface area (Å²) >= 11 is 0. The summed E-state index contributed by atoms with van der Waals surface area (Å²) in [7, 11) is 2.89. The Morgan fingerprint density at radius 1 is 1.31 bits per heavy atom. The van der Waals surface area contributed by atoms with Crippen LogP contribution in [0.3, 0.4) is 0 Å². The zero-order valence-electron chi connectivity index (χ0n) is 9.27. The third kappa shape index (κ3) is 2.98. The van der Waals surface area contributed by atoms with Crippen molar-refractivity contribution in [3.63, 3.8) is 0 Å². The first-order valence-electron chi connectivity index (χ1n) is 4.69. The van der Waals surface area contributed by atoms with Crippen molar-refractivity contribution in [2.75, 3.05) is 14.2 Å². The summed E-state index contributed by atoms with van der Waals surface area (Å²) in [4.78, 5) is 11.2. The third-order valence-corrected chi connectivity index (χ3v) is 2.11. The fourth-order valence-corrected chi connectivity index (χ4v) is 1.23. The first-order valence-corrected chi connectivity index (χ1v) is 4.69. The van der Waals surface area contributed by atoms with Crippen LogP contribution in [0.5, 0.6) is 5.75 Å². The lowest BCUT2D eigenvalue weighted by atomic mass is 10.1. The number of nitrogens with two attached hydrogens (primary N) is 1. The molecule has 0 aliphatic carbocycles. The van der Waals surface area contributed by atoms with Crippen molar-refractivity contribution < 1.29 is 14.3 Å². The normalized spacial score (nSPS) is 11.0. The van der Waals surface area contributed by atoms with Gasteiger partial charge in [0.05, 0.1) is 14.2 Å². The fraction of sp³-hybridized carbons (Fsp3) is 0.273. The Bertz CT molecular complexity index is 385. The first-order chi connectivity index (χ1) is 7.71. The number of esters is 1. The van der Waals surface area contributed by atoms with Crippen molar-refractivity contribution in [1.29, 1.82) is 0 Å². The van der Waals surface area contributed by atoms with Gasteiger partial charge in [-0.2, -0.15) is 5.10 Å². The Balaban J connectivity index is 2.75. The monoisotopic (exact) mass is 222 g/mol. The second kappa shape index (κ2) is 5.75. The van der Waals surface area contributed by atoms with Crippen LogP contribution in [0, 0.1) is 0 Å². The number of benzene rings is 1. The lowest BCUT2D eigenvalue weighted by molar-refractivity contribution is -0.132. The van der Waals surface area contributed by atoms with Gasteiger partial charge in [-0.25, -0.2) is 4.79 Å². The van der Waals surface area contributed by atoms with Gasteiger partial charge in [0.25, 0.3) is 0 Å². The summed E-state index contributed by atoms with van der Waals surface area (Å²) in [6.07, 6.45) is 0.340. The van der Waals surface area contributed by atoms with Gasteiger partial charge >= 0.3 is 5.97 Å². The summed E-state index contributed by atoms with van der Waals surface area (Å²) in [5, 5.41) is 3.41. The zero-order chi connectivity index (χ0) is 12.0. The van der Waals surface area contributed by atoms with Crippen molar-refractivity contribution in [3.05, 3.63) is 29.8 Å². The number of carbonyl (C=O) groups is 1. The molecule has 5 heteroatoms. The van der Waals surface area contributed by atoms with Gasteiger partial charge in [-0.15, -0.1) is 0 Å². The molecule has 0 aliphatic heterocycles. The minimum absolute atomic E-state index is 0.188. The van der Waals surface area contributed by atoms with Crippen molar-refractivity contribution in [3.8, 4) is 5.75 Å². The van der Waals surface area contributed by atoms with E-state index in [1.165, 1.54) is 7.11 Å². The number of hydrogen-bond donors (Lipinski definition) is 1. The van der Waals surface area contributed by atoms with Gasteiger partial charge in [0.2, 0.25) is 0 Å². The molecule has 0 heterocycles. The van der Waals surface area contributed by atoms with Gasteiger partial charge in [0.15, 0.2) is 0 Å². The van der Waals surface area contributed by atoms with Crippen LogP contribution < -0.4 is 10.6 Å². The molecule has 5 nitrogen and oxygen atoms in total. The van der Waals surface area contributed by atoms with E-state index < -0.39 is 5.97 Å². The molecule has 0 unspecified atom stereocenters. The molecular formula is C11H14N2O3. The van der Waals surface area contributed by atoms with Crippen LogP contribution in [0.25, 0.3) is 0 Å². The molecule has 1 aromatic rings. The second-order valence-electron chi connectivity index (χ2n) is 3.09. The molecule has 86 valence electrons. The number of hydrazone groups is 1. The molecule has 1 aromatic carbocycles. The van der Waals surface area contributed by atoms with E-state index in [1.54, 1.807) is 19.2 Å². The highest BCUT2D eigenvalue weighted by Gasteiger charge is 2.12. The molecule has 0 radical (unpaired) electrons. The van der Waals surface area contributed by atoms with Crippen molar-refractivity contribution in [2.24, 2.45) is 10.9 Å². The van der Waals surface area contributed by atoms with Crippen molar-refractivity contribution in [2.45, 2.75) is 6.42 Å². The summed E-state index contributed by atoms with van der Waals surface area (Å²) < 4.78 is 9.57. The largest absolute Gasteiger partial charge is 0.497 e. The lowest BCUT2D eigenvalue weighted by Gasteiger charge is -2.04. The van der Waals surface area contributed by atoms with Crippen molar-refractivity contribution >= 4 is 11.7 Å². The predicted octanol–water partition coefficient (Wildman–Crippen LogP) is 0.725.